The maximum Gasteiger partial charge on any atom is 0.269 e. The Morgan fingerprint density at radius 3 is 2.41 bits per heavy atom. The number of rotatable bonds is 10. The van der Waals surface area contributed by atoms with E-state index < -0.39 is 36.4 Å². The fourth-order valence-corrected chi connectivity index (χ4v) is 9.74. The van der Waals surface area contributed by atoms with E-state index in [1.54, 1.807) is 29.0 Å². The molecule has 3 aromatic carbocycles. The van der Waals surface area contributed by atoms with Gasteiger partial charge in [0.2, 0.25) is 5.91 Å². The average Bonchev–Trinajstić information content (AvgIpc) is 3.40. The van der Waals surface area contributed by atoms with Crippen molar-refractivity contribution in [1.82, 2.24) is 4.90 Å². The van der Waals surface area contributed by atoms with Crippen molar-refractivity contribution in [3.05, 3.63) is 103 Å². The molecule has 10 nitrogen and oxygen atoms in total. The monoisotopic (exact) mass is 729 g/mol. The van der Waals surface area contributed by atoms with E-state index in [0.29, 0.717) is 11.3 Å². The Hall–Kier alpha value is -3.17. The topological polar surface area (TPSA) is 133 Å². The third-order valence-electron chi connectivity index (χ3n) is 8.75. The lowest BCUT2D eigenvalue weighted by molar-refractivity contribution is -0.385. The molecular formula is C32H36IN3O7Si. The van der Waals surface area contributed by atoms with Gasteiger partial charge in [0.15, 0.2) is 13.9 Å². The van der Waals surface area contributed by atoms with Crippen molar-refractivity contribution < 1.29 is 29.2 Å². The third kappa shape index (κ3) is 6.05. The molecule has 1 spiro atoms. The maximum absolute atomic E-state index is 14.6. The molecule has 5 rings (SSSR count). The molecule has 2 aliphatic heterocycles. The molecule has 2 N–H and O–H groups in total. The summed E-state index contributed by atoms with van der Waals surface area (Å²) in [5, 5.41) is 21.6. The number of amides is 2. The second kappa shape index (κ2) is 12.7. The molecule has 0 saturated carbocycles. The van der Waals surface area contributed by atoms with Gasteiger partial charge in [-0.15, -0.1) is 0 Å². The van der Waals surface area contributed by atoms with E-state index in [4.69, 9.17) is 4.74 Å². The number of fused-ring (bicyclic) bond motifs is 2. The van der Waals surface area contributed by atoms with E-state index in [1.165, 1.54) is 12.1 Å². The zero-order valence-electron chi connectivity index (χ0n) is 24.9. The molecule has 3 aromatic rings. The summed E-state index contributed by atoms with van der Waals surface area (Å²) in [6, 6.07) is 21.6. The highest BCUT2D eigenvalue weighted by Crippen LogP contribution is 2.60. The summed E-state index contributed by atoms with van der Waals surface area (Å²) < 4.78 is 7.77. The van der Waals surface area contributed by atoms with Crippen LogP contribution in [-0.2, 0) is 33.0 Å². The first kappa shape index (κ1) is 32.2. The van der Waals surface area contributed by atoms with E-state index in [2.05, 4.69) is 22.6 Å². The quantitative estimate of drug-likeness (QED) is 0.131. The number of ether oxygens (including phenoxy) is 1. The molecule has 232 valence electrons. The van der Waals surface area contributed by atoms with E-state index in [0.717, 1.165) is 14.7 Å². The van der Waals surface area contributed by atoms with Gasteiger partial charge in [0.1, 0.15) is 0 Å². The molecule has 0 bridgehead atoms. The van der Waals surface area contributed by atoms with Gasteiger partial charge in [0, 0.05) is 45.8 Å². The summed E-state index contributed by atoms with van der Waals surface area (Å²) in [4.78, 5) is 54.4. The third-order valence-corrected chi connectivity index (χ3v) is 12.0. The Morgan fingerprint density at radius 1 is 1.11 bits per heavy atom. The van der Waals surface area contributed by atoms with Crippen LogP contribution in [0.4, 0.5) is 11.4 Å². The van der Waals surface area contributed by atoms with E-state index in [1.807, 2.05) is 61.5 Å². The van der Waals surface area contributed by atoms with Gasteiger partial charge in [-0.25, -0.2) is 0 Å². The number of nitrogens with zero attached hydrogens (tertiary/aromatic N) is 3. The van der Waals surface area contributed by atoms with E-state index in [9.17, 15) is 29.6 Å². The van der Waals surface area contributed by atoms with Gasteiger partial charge >= 0.3 is 0 Å². The van der Waals surface area contributed by atoms with Gasteiger partial charge in [-0.2, -0.15) is 0 Å². The van der Waals surface area contributed by atoms with Crippen LogP contribution in [0, 0.1) is 19.6 Å². The molecule has 2 amide bonds. The lowest BCUT2D eigenvalue weighted by atomic mass is 9.82. The first-order valence-corrected chi connectivity index (χ1v) is 18.6. The average molecular weight is 730 g/mol. The number of anilines is 1. The molecule has 12 heteroatoms. The van der Waals surface area contributed by atoms with Crippen molar-refractivity contribution in [2.75, 3.05) is 18.1 Å². The second-order valence-electron chi connectivity index (χ2n) is 12.1. The number of hydrogen-bond acceptors (Lipinski definition) is 7. The normalized spacial score (nSPS) is 22.8. The SMILES string of the molecule is C[C@@H]1[C@@H]([Si](C)(C)O)[C@H](CC(=O)N(CCO)Cc2ccccc2)O[C@@]12C(=O)N(Cc1ccc(I)cc1)c1ccc([N+](=O)[O-])cc12. The molecule has 1 saturated heterocycles. The zero-order chi connectivity index (χ0) is 31.8. The minimum Gasteiger partial charge on any atom is -0.432 e. The predicted molar refractivity (Wildman–Crippen MR) is 176 cm³/mol. The summed E-state index contributed by atoms with van der Waals surface area (Å²) in [5.74, 6) is -1.23. The summed E-state index contributed by atoms with van der Waals surface area (Å²) >= 11 is 2.21. The zero-order valence-corrected chi connectivity index (χ0v) is 28.0. The molecule has 0 radical (unpaired) electrons. The number of aliphatic hydroxyl groups is 1. The number of halogens is 1. The molecule has 0 aromatic heterocycles. The van der Waals surface area contributed by atoms with Gasteiger partial charge in [0.25, 0.3) is 11.6 Å². The van der Waals surface area contributed by atoms with Crippen molar-refractivity contribution in [1.29, 1.82) is 0 Å². The molecule has 2 aliphatic rings. The predicted octanol–water partition coefficient (Wildman–Crippen LogP) is 4.96. The van der Waals surface area contributed by atoms with E-state index in [-0.39, 0.29) is 50.2 Å². The Labute approximate surface area is 271 Å². The van der Waals surface area contributed by atoms with Crippen LogP contribution >= 0.6 is 22.6 Å². The highest BCUT2D eigenvalue weighted by Gasteiger charge is 2.66. The minimum atomic E-state index is -3.08. The highest BCUT2D eigenvalue weighted by molar-refractivity contribution is 14.1. The Kier molecular flexibility index (Phi) is 9.28. The Morgan fingerprint density at radius 2 is 1.80 bits per heavy atom. The van der Waals surface area contributed by atoms with Crippen molar-refractivity contribution >= 4 is 54.1 Å². The van der Waals surface area contributed by atoms with Gasteiger partial charge in [-0.3, -0.25) is 19.7 Å². The first-order valence-electron chi connectivity index (χ1n) is 14.5. The molecule has 0 aliphatic carbocycles. The lowest BCUT2D eigenvalue weighted by Gasteiger charge is -2.32. The molecule has 2 heterocycles. The highest BCUT2D eigenvalue weighted by atomic mass is 127. The summed E-state index contributed by atoms with van der Waals surface area (Å²) in [6.45, 7) is 5.77. The van der Waals surface area contributed by atoms with Gasteiger partial charge in [-0.05, 0) is 65.0 Å². The lowest BCUT2D eigenvalue weighted by Crippen LogP contribution is -2.46. The van der Waals surface area contributed by atoms with E-state index >= 15 is 0 Å². The van der Waals surface area contributed by atoms with Crippen LogP contribution < -0.4 is 4.90 Å². The first-order chi connectivity index (χ1) is 20.9. The van der Waals surface area contributed by atoms with Crippen molar-refractivity contribution in [3.63, 3.8) is 0 Å². The van der Waals surface area contributed by atoms with Crippen molar-refractivity contribution in [2.45, 2.75) is 56.8 Å². The summed E-state index contributed by atoms with van der Waals surface area (Å²) in [5.41, 5.74) is 0.355. The standard InChI is InChI=1S/C32H36IN3O7Si/c1-21-30(44(2,3)42)28(18-29(38)34(15-16-37)19-22-7-5-4-6-8-22)43-32(21)26-17-25(36(40)41)13-14-27(26)35(31(32)39)20-23-9-11-24(33)12-10-23/h4-14,17,21,28,30,37,42H,15-16,18-20H2,1-3H3/t21-,28+,30-,32+/m1/s1. The van der Waals surface area contributed by atoms with Crippen LogP contribution in [0.3, 0.4) is 0 Å². The molecule has 4 atom stereocenters. The van der Waals surface area contributed by atoms with Crippen LogP contribution in [0.25, 0.3) is 0 Å². The van der Waals surface area contributed by atoms with Crippen LogP contribution in [0.1, 0.15) is 30.0 Å². The van der Waals surface area contributed by atoms with Gasteiger partial charge < -0.3 is 24.4 Å². The second-order valence-corrected chi connectivity index (χ2v) is 17.3. The Bertz CT molecular complexity index is 1550. The molecule has 44 heavy (non-hydrogen) atoms. The number of hydrogen-bond donors (Lipinski definition) is 2. The van der Waals surface area contributed by atoms with Crippen molar-refractivity contribution in [2.24, 2.45) is 5.92 Å². The fourth-order valence-electron chi connectivity index (χ4n) is 6.83. The number of nitro benzene ring substituents is 1. The van der Waals surface area contributed by atoms with Crippen LogP contribution in [-0.4, -0.2) is 59.1 Å². The summed E-state index contributed by atoms with van der Waals surface area (Å²) in [6.07, 6.45) is -0.939. The number of aliphatic hydroxyl groups excluding tert-OH is 1. The smallest absolute Gasteiger partial charge is 0.269 e. The Balaban J connectivity index is 1.54. The van der Waals surface area contributed by atoms with Crippen LogP contribution in [0.2, 0.25) is 18.6 Å². The molecule has 1 fully saturated rings. The maximum atomic E-state index is 14.6. The molecule has 0 unspecified atom stereocenters. The number of carbonyl (C=O) groups excluding carboxylic acids is 2. The largest absolute Gasteiger partial charge is 0.432 e. The number of non-ortho nitro benzene ring substituents is 1. The van der Waals surface area contributed by atoms with Crippen LogP contribution in [0.15, 0.2) is 72.8 Å². The number of benzene rings is 3. The van der Waals surface area contributed by atoms with Crippen LogP contribution in [0.5, 0.6) is 0 Å². The van der Waals surface area contributed by atoms with Gasteiger partial charge in [0.05, 0.1) is 36.3 Å². The fraction of sp³-hybridized carbons (Fsp3) is 0.375. The minimum absolute atomic E-state index is 0.115. The number of nitro groups is 1. The van der Waals surface area contributed by atoms with Gasteiger partial charge in [-0.1, -0.05) is 49.4 Å². The summed E-state index contributed by atoms with van der Waals surface area (Å²) in [7, 11) is -3.08. The number of carbonyl (C=O) groups is 2. The molecular weight excluding hydrogens is 693 g/mol. The van der Waals surface area contributed by atoms with Crippen molar-refractivity contribution in [3.8, 4) is 0 Å².